The van der Waals surface area contributed by atoms with Crippen LogP contribution in [0.15, 0.2) is 77.7 Å². The van der Waals surface area contributed by atoms with Gasteiger partial charge >= 0.3 is 11.9 Å². The van der Waals surface area contributed by atoms with Crippen LogP contribution in [0.3, 0.4) is 0 Å². The summed E-state index contributed by atoms with van der Waals surface area (Å²) in [6.07, 6.45) is -0.0114. The molecule has 1 aliphatic rings. The van der Waals surface area contributed by atoms with Gasteiger partial charge in [-0.2, -0.15) is 4.31 Å². The lowest BCUT2D eigenvalue weighted by atomic mass is 10.0. The minimum atomic E-state index is -4.45. The molecule has 176 valence electrons. The fourth-order valence-electron chi connectivity index (χ4n) is 4.37. The highest BCUT2D eigenvalue weighted by molar-refractivity contribution is 7.89. The van der Waals surface area contributed by atoms with Crippen LogP contribution < -0.4 is 0 Å². The quantitative estimate of drug-likeness (QED) is 0.475. The summed E-state index contributed by atoms with van der Waals surface area (Å²) >= 11 is 5.92. The maximum absolute atomic E-state index is 13.6. The molecule has 2 atom stereocenters. The molecular formula is C25H22ClNO6S. The average Bonchev–Trinajstić information content (AvgIpc) is 3.55. The summed E-state index contributed by atoms with van der Waals surface area (Å²) in [6, 6.07) is 20.0. The number of hydrogen-bond acceptors (Lipinski definition) is 4. The van der Waals surface area contributed by atoms with Gasteiger partial charge in [-0.15, -0.1) is 0 Å². The molecule has 0 amide bonds. The number of sulfonamides is 1. The predicted octanol–water partition coefficient (Wildman–Crippen LogP) is 4.40. The van der Waals surface area contributed by atoms with Gasteiger partial charge in [0.2, 0.25) is 10.0 Å². The highest BCUT2D eigenvalue weighted by atomic mass is 35.5. The Bertz CT molecular complexity index is 1350. The Morgan fingerprint density at radius 2 is 1.53 bits per heavy atom. The van der Waals surface area contributed by atoms with E-state index in [-0.39, 0.29) is 11.3 Å². The molecule has 0 saturated heterocycles. The van der Waals surface area contributed by atoms with E-state index in [2.05, 4.69) is 0 Å². The zero-order chi connectivity index (χ0) is 24.7. The minimum absolute atomic E-state index is 0.0114. The van der Waals surface area contributed by atoms with E-state index in [1.165, 1.54) is 12.1 Å². The van der Waals surface area contributed by atoms with Crippen LogP contribution in [0.2, 0.25) is 5.02 Å². The summed E-state index contributed by atoms with van der Waals surface area (Å²) in [5.74, 6) is -3.46. The molecule has 0 aliphatic heterocycles. The topological polar surface area (TPSA) is 112 Å². The second-order valence-corrected chi connectivity index (χ2v) is 10.6. The van der Waals surface area contributed by atoms with E-state index < -0.39 is 40.0 Å². The average molecular weight is 500 g/mol. The molecule has 0 unspecified atom stereocenters. The Morgan fingerprint density at radius 1 is 0.971 bits per heavy atom. The van der Waals surface area contributed by atoms with E-state index in [9.17, 15) is 28.2 Å². The molecule has 34 heavy (non-hydrogen) atoms. The van der Waals surface area contributed by atoms with E-state index in [0.29, 0.717) is 14.9 Å². The summed E-state index contributed by atoms with van der Waals surface area (Å²) < 4.78 is 27.8. The predicted molar refractivity (Wildman–Crippen MR) is 127 cm³/mol. The molecule has 0 heterocycles. The van der Waals surface area contributed by atoms with E-state index in [1.807, 2.05) is 13.0 Å². The monoisotopic (exact) mass is 499 g/mol. The van der Waals surface area contributed by atoms with Gasteiger partial charge in [0.25, 0.3) is 0 Å². The minimum Gasteiger partial charge on any atom is -0.480 e. The number of halogens is 1. The van der Waals surface area contributed by atoms with Crippen molar-refractivity contribution in [3.05, 3.63) is 88.9 Å². The van der Waals surface area contributed by atoms with Crippen LogP contribution in [0.25, 0.3) is 11.1 Å². The van der Waals surface area contributed by atoms with Gasteiger partial charge in [0.1, 0.15) is 12.1 Å². The van der Waals surface area contributed by atoms with Crippen molar-refractivity contribution in [3.8, 4) is 11.1 Å². The third-order valence-corrected chi connectivity index (χ3v) is 8.36. The van der Waals surface area contributed by atoms with Gasteiger partial charge in [0, 0.05) is 10.9 Å². The molecule has 1 saturated carbocycles. The summed E-state index contributed by atoms with van der Waals surface area (Å²) in [7, 11) is -4.45. The molecule has 2 N–H and O–H groups in total. The second-order valence-electron chi connectivity index (χ2n) is 8.28. The van der Waals surface area contributed by atoms with Crippen LogP contribution in [0.1, 0.15) is 23.5 Å². The number of carboxylic acid groups (broad SMARTS) is 2. The number of nitrogens with zero attached hydrogens (tertiary/aromatic N) is 1. The Kier molecular flexibility index (Phi) is 6.24. The zero-order valence-electron chi connectivity index (χ0n) is 18.2. The van der Waals surface area contributed by atoms with Crippen molar-refractivity contribution < 1.29 is 28.2 Å². The smallest absolute Gasteiger partial charge is 0.325 e. The van der Waals surface area contributed by atoms with E-state index in [1.54, 1.807) is 54.6 Å². The van der Waals surface area contributed by atoms with Crippen molar-refractivity contribution in [1.29, 1.82) is 0 Å². The maximum atomic E-state index is 13.6. The first-order valence-corrected chi connectivity index (χ1v) is 12.3. The highest BCUT2D eigenvalue weighted by Gasteiger charge is 2.68. The lowest BCUT2D eigenvalue weighted by Crippen LogP contribution is -2.50. The molecule has 0 spiro atoms. The number of rotatable bonds is 8. The first-order valence-electron chi connectivity index (χ1n) is 10.5. The van der Waals surface area contributed by atoms with Crippen molar-refractivity contribution in [2.75, 3.05) is 6.54 Å². The molecule has 7 nitrogen and oxygen atoms in total. The van der Waals surface area contributed by atoms with Crippen molar-refractivity contribution in [2.24, 2.45) is 0 Å². The van der Waals surface area contributed by atoms with Crippen LogP contribution >= 0.6 is 11.6 Å². The van der Waals surface area contributed by atoms with Gasteiger partial charge in [-0.3, -0.25) is 9.59 Å². The number of carbonyl (C=O) groups is 2. The highest BCUT2D eigenvalue weighted by Crippen LogP contribution is 2.57. The lowest BCUT2D eigenvalue weighted by molar-refractivity contribution is -0.145. The lowest BCUT2D eigenvalue weighted by Gasteiger charge is -2.28. The Hall–Kier alpha value is -3.20. The van der Waals surface area contributed by atoms with Crippen molar-refractivity contribution in [2.45, 2.75) is 29.7 Å². The molecule has 9 heteroatoms. The number of aryl methyl sites for hydroxylation is 1. The standard InChI is InChI=1S/C25H22ClNO6S/c1-16-4-2-3-5-21(16)22-14-25(22,24(30)31)27(15-23(28)29)34(32,33)20-12-8-18(9-13-20)17-6-10-19(26)11-7-17/h2-13,22H,14-15H2,1H3,(H,28,29)(H,30,31)/t22-,25+/m0/s1. The van der Waals surface area contributed by atoms with Crippen LogP contribution in [0, 0.1) is 6.92 Å². The van der Waals surface area contributed by atoms with Crippen molar-refractivity contribution in [3.63, 3.8) is 0 Å². The van der Waals surface area contributed by atoms with Crippen LogP contribution in [-0.2, 0) is 19.6 Å². The first kappa shape index (κ1) is 23.9. The molecule has 1 aliphatic carbocycles. The van der Waals surface area contributed by atoms with Gasteiger partial charge in [0.05, 0.1) is 4.90 Å². The molecule has 0 radical (unpaired) electrons. The Balaban J connectivity index is 1.74. The SMILES string of the molecule is Cc1ccccc1[C@@H]1C[C@@]1(C(=O)O)N(CC(=O)O)S(=O)(=O)c1ccc(-c2ccc(Cl)cc2)cc1. The Morgan fingerprint density at radius 3 is 2.06 bits per heavy atom. The van der Waals surface area contributed by atoms with Gasteiger partial charge < -0.3 is 10.2 Å². The summed E-state index contributed by atoms with van der Waals surface area (Å²) in [5, 5.41) is 20.2. The third-order valence-electron chi connectivity index (χ3n) is 6.21. The molecule has 3 aromatic carbocycles. The number of aliphatic carboxylic acids is 2. The summed E-state index contributed by atoms with van der Waals surface area (Å²) in [5.41, 5.74) is 1.18. The van der Waals surface area contributed by atoms with Crippen molar-refractivity contribution >= 4 is 33.6 Å². The first-order chi connectivity index (χ1) is 16.1. The van der Waals surface area contributed by atoms with E-state index in [0.717, 1.165) is 16.7 Å². The van der Waals surface area contributed by atoms with Crippen LogP contribution in [-0.4, -0.2) is 47.0 Å². The molecule has 1 fully saturated rings. The fraction of sp³-hybridized carbons (Fsp3) is 0.200. The number of carboxylic acids is 2. The van der Waals surface area contributed by atoms with Crippen LogP contribution in [0.4, 0.5) is 0 Å². The van der Waals surface area contributed by atoms with Gasteiger partial charge in [0.15, 0.2) is 0 Å². The van der Waals surface area contributed by atoms with Gasteiger partial charge in [-0.1, -0.05) is 60.1 Å². The Labute approximate surface area is 202 Å². The number of benzene rings is 3. The third kappa shape index (κ3) is 4.20. The summed E-state index contributed by atoms with van der Waals surface area (Å²) in [4.78, 5) is 23.9. The fourth-order valence-corrected chi connectivity index (χ4v) is 6.22. The normalized spacial score (nSPS) is 19.7. The van der Waals surface area contributed by atoms with E-state index >= 15 is 0 Å². The summed E-state index contributed by atoms with van der Waals surface area (Å²) in [6.45, 7) is 0.849. The molecule has 3 aromatic rings. The second kappa shape index (κ2) is 8.87. The van der Waals surface area contributed by atoms with Gasteiger partial charge in [-0.05, 0) is 59.9 Å². The molecular weight excluding hydrogens is 478 g/mol. The number of hydrogen-bond donors (Lipinski definition) is 2. The molecule has 0 bridgehead atoms. The maximum Gasteiger partial charge on any atom is 0.325 e. The van der Waals surface area contributed by atoms with E-state index in [4.69, 9.17) is 11.6 Å². The van der Waals surface area contributed by atoms with Gasteiger partial charge in [-0.25, -0.2) is 8.42 Å². The van der Waals surface area contributed by atoms with Crippen molar-refractivity contribution in [1.82, 2.24) is 4.31 Å². The van der Waals surface area contributed by atoms with Crippen LogP contribution in [0.5, 0.6) is 0 Å². The zero-order valence-corrected chi connectivity index (χ0v) is 19.8. The molecule has 0 aromatic heterocycles. The largest absolute Gasteiger partial charge is 0.480 e. The molecule has 4 rings (SSSR count).